The normalized spacial score (nSPS) is 10.2. The van der Waals surface area contributed by atoms with E-state index in [4.69, 9.17) is 0 Å². The molecule has 0 atom stereocenters. The molecule has 12 heavy (non-hydrogen) atoms. The third-order valence-corrected chi connectivity index (χ3v) is 1.48. The lowest BCUT2D eigenvalue weighted by Crippen LogP contribution is -2.02. The second kappa shape index (κ2) is 3.29. The lowest BCUT2D eigenvalue weighted by molar-refractivity contribution is -0.397. The van der Waals surface area contributed by atoms with Crippen LogP contribution in [0.5, 0.6) is 0 Å². The molecule has 1 rings (SSSR count). The van der Waals surface area contributed by atoms with Gasteiger partial charge in [-0.2, -0.15) is 0 Å². The van der Waals surface area contributed by atoms with Crippen LogP contribution in [0.2, 0.25) is 0 Å². The highest BCUT2D eigenvalue weighted by Gasteiger charge is 2.18. The van der Waals surface area contributed by atoms with Crippen molar-refractivity contribution in [2.75, 3.05) is 0 Å². The molecule has 0 radical (unpaired) electrons. The standard InChI is InChI=1S/C6H10N4O2/c1-3-5-7-6(10(11)12)9(4-2)8-5/h3-4H2,1-2H3. The fourth-order valence-electron chi connectivity index (χ4n) is 0.877. The van der Waals surface area contributed by atoms with Crippen LogP contribution in [0.4, 0.5) is 5.95 Å². The van der Waals surface area contributed by atoms with Gasteiger partial charge in [-0.05, 0) is 16.8 Å². The van der Waals surface area contributed by atoms with Crippen molar-refractivity contribution in [3.63, 3.8) is 0 Å². The van der Waals surface area contributed by atoms with Crippen LogP contribution in [0.1, 0.15) is 19.7 Å². The largest absolute Gasteiger partial charge is 0.455 e. The Morgan fingerprint density at radius 2 is 2.25 bits per heavy atom. The fraction of sp³-hybridized carbons (Fsp3) is 0.667. The van der Waals surface area contributed by atoms with E-state index in [1.807, 2.05) is 6.92 Å². The molecular weight excluding hydrogens is 160 g/mol. The lowest BCUT2D eigenvalue weighted by Gasteiger charge is -1.92. The molecule has 0 aromatic carbocycles. The molecule has 0 unspecified atom stereocenters. The molecule has 6 heteroatoms. The Morgan fingerprint density at radius 3 is 2.58 bits per heavy atom. The summed E-state index contributed by atoms with van der Waals surface area (Å²) in [5.74, 6) is 0.345. The van der Waals surface area contributed by atoms with E-state index in [2.05, 4.69) is 10.1 Å². The van der Waals surface area contributed by atoms with Crippen molar-refractivity contribution < 1.29 is 4.92 Å². The van der Waals surface area contributed by atoms with Gasteiger partial charge >= 0.3 is 5.95 Å². The fourth-order valence-corrected chi connectivity index (χ4v) is 0.877. The zero-order valence-corrected chi connectivity index (χ0v) is 7.02. The molecule has 1 heterocycles. The minimum absolute atomic E-state index is 0.172. The highest BCUT2D eigenvalue weighted by molar-refractivity contribution is 5.05. The zero-order chi connectivity index (χ0) is 9.14. The Bertz CT molecular complexity index is 294. The molecule has 1 aromatic heterocycles. The van der Waals surface area contributed by atoms with Gasteiger partial charge in [0.15, 0.2) is 0 Å². The third kappa shape index (κ3) is 1.41. The predicted molar refractivity (Wildman–Crippen MR) is 41.7 cm³/mol. The first-order valence-corrected chi connectivity index (χ1v) is 3.77. The number of hydrogen-bond acceptors (Lipinski definition) is 4. The zero-order valence-electron chi connectivity index (χ0n) is 7.02. The SMILES string of the molecule is CCc1nc([N+](=O)[O-])n(CC)n1. The van der Waals surface area contributed by atoms with E-state index >= 15 is 0 Å². The average Bonchev–Trinajstić information content (AvgIpc) is 2.47. The smallest absolute Gasteiger partial charge is 0.390 e. The van der Waals surface area contributed by atoms with Crippen molar-refractivity contribution in [3.8, 4) is 0 Å². The van der Waals surface area contributed by atoms with Crippen molar-refractivity contribution >= 4 is 5.95 Å². The molecule has 0 N–H and O–H groups in total. The minimum atomic E-state index is -0.518. The van der Waals surface area contributed by atoms with Crippen LogP contribution in [0, 0.1) is 10.1 Å². The maximum Gasteiger partial charge on any atom is 0.455 e. The quantitative estimate of drug-likeness (QED) is 0.496. The molecule has 0 fully saturated rings. The molecule has 0 amide bonds. The van der Waals surface area contributed by atoms with E-state index < -0.39 is 4.92 Å². The maximum absolute atomic E-state index is 10.4. The van der Waals surface area contributed by atoms with Gasteiger partial charge < -0.3 is 10.1 Å². The van der Waals surface area contributed by atoms with Gasteiger partial charge in [-0.25, -0.2) is 0 Å². The number of rotatable bonds is 3. The van der Waals surface area contributed by atoms with Crippen LogP contribution < -0.4 is 0 Å². The average molecular weight is 170 g/mol. The van der Waals surface area contributed by atoms with Crippen molar-refractivity contribution in [1.29, 1.82) is 0 Å². The first kappa shape index (κ1) is 8.63. The Kier molecular flexibility index (Phi) is 2.37. The summed E-state index contributed by atoms with van der Waals surface area (Å²) in [6.07, 6.45) is 0.619. The van der Waals surface area contributed by atoms with Gasteiger partial charge in [0.25, 0.3) is 0 Å². The molecule has 0 saturated heterocycles. The Balaban J connectivity index is 3.08. The number of nitro groups is 1. The summed E-state index contributed by atoms with van der Waals surface area (Å²) < 4.78 is 1.29. The van der Waals surface area contributed by atoms with Gasteiger partial charge in [0.05, 0.1) is 6.54 Å². The van der Waals surface area contributed by atoms with Crippen LogP contribution in [-0.2, 0) is 13.0 Å². The maximum atomic E-state index is 10.4. The van der Waals surface area contributed by atoms with E-state index in [0.717, 1.165) is 0 Å². The predicted octanol–water partition coefficient (Wildman–Crippen LogP) is 0.769. The molecular formula is C6H10N4O2. The van der Waals surface area contributed by atoms with Crippen molar-refractivity contribution in [2.45, 2.75) is 26.8 Å². The van der Waals surface area contributed by atoms with Crippen LogP contribution >= 0.6 is 0 Å². The molecule has 0 aliphatic heterocycles. The van der Waals surface area contributed by atoms with Crippen LogP contribution in [-0.4, -0.2) is 19.7 Å². The molecule has 0 bridgehead atoms. The van der Waals surface area contributed by atoms with Gasteiger partial charge in [-0.15, -0.1) is 4.68 Å². The van der Waals surface area contributed by atoms with Crippen molar-refractivity contribution in [2.24, 2.45) is 0 Å². The van der Waals surface area contributed by atoms with E-state index in [0.29, 0.717) is 18.8 Å². The van der Waals surface area contributed by atoms with Crippen LogP contribution in [0.25, 0.3) is 0 Å². The van der Waals surface area contributed by atoms with E-state index in [1.165, 1.54) is 4.68 Å². The molecule has 6 nitrogen and oxygen atoms in total. The van der Waals surface area contributed by atoms with Gasteiger partial charge in [0.2, 0.25) is 5.82 Å². The van der Waals surface area contributed by atoms with Crippen LogP contribution in [0.15, 0.2) is 0 Å². The van der Waals surface area contributed by atoms with Gasteiger partial charge in [0.1, 0.15) is 0 Å². The summed E-state index contributed by atoms with van der Waals surface area (Å²) in [4.78, 5) is 13.6. The molecule has 0 saturated carbocycles. The monoisotopic (exact) mass is 170 g/mol. The molecule has 0 spiro atoms. The number of nitrogens with zero attached hydrogens (tertiary/aromatic N) is 4. The number of aromatic nitrogens is 3. The van der Waals surface area contributed by atoms with Crippen molar-refractivity contribution in [3.05, 3.63) is 15.9 Å². The summed E-state index contributed by atoms with van der Waals surface area (Å²) in [5, 5.41) is 14.3. The summed E-state index contributed by atoms with van der Waals surface area (Å²) in [5.41, 5.74) is 0. The van der Waals surface area contributed by atoms with Gasteiger partial charge in [-0.1, -0.05) is 12.0 Å². The van der Waals surface area contributed by atoms with E-state index in [1.54, 1.807) is 6.92 Å². The highest BCUT2D eigenvalue weighted by Crippen LogP contribution is 2.07. The second-order valence-electron chi connectivity index (χ2n) is 2.25. The molecule has 1 aromatic rings. The Labute approximate surface area is 69.4 Å². The molecule has 0 aliphatic carbocycles. The third-order valence-electron chi connectivity index (χ3n) is 1.48. The van der Waals surface area contributed by atoms with E-state index in [9.17, 15) is 10.1 Å². The van der Waals surface area contributed by atoms with Gasteiger partial charge in [0, 0.05) is 6.42 Å². The lowest BCUT2D eigenvalue weighted by atomic mass is 10.5. The summed E-state index contributed by atoms with van der Waals surface area (Å²) in [6, 6.07) is 0. The van der Waals surface area contributed by atoms with E-state index in [-0.39, 0.29) is 5.95 Å². The first-order chi connectivity index (χ1) is 5.69. The summed E-state index contributed by atoms with van der Waals surface area (Å²) in [6.45, 7) is 4.13. The van der Waals surface area contributed by atoms with Gasteiger partial charge in [-0.3, -0.25) is 0 Å². The number of hydrogen-bond donors (Lipinski definition) is 0. The highest BCUT2D eigenvalue weighted by atomic mass is 16.6. The number of aryl methyl sites for hydroxylation is 2. The van der Waals surface area contributed by atoms with Crippen LogP contribution in [0.3, 0.4) is 0 Å². The summed E-state index contributed by atoms with van der Waals surface area (Å²) in [7, 11) is 0. The first-order valence-electron chi connectivity index (χ1n) is 3.77. The second-order valence-corrected chi connectivity index (χ2v) is 2.25. The Morgan fingerprint density at radius 1 is 1.58 bits per heavy atom. The molecule has 0 aliphatic rings. The minimum Gasteiger partial charge on any atom is -0.390 e. The Hall–Kier alpha value is -1.46. The molecule has 66 valence electrons. The summed E-state index contributed by atoms with van der Waals surface area (Å²) >= 11 is 0. The van der Waals surface area contributed by atoms with Crippen molar-refractivity contribution in [1.82, 2.24) is 14.8 Å². The topological polar surface area (TPSA) is 73.8 Å².